The fourth-order valence-corrected chi connectivity index (χ4v) is 4.36. The van der Waals surface area contributed by atoms with Crippen LogP contribution in [0.2, 0.25) is 0 Å². The van der Waals surface area contributed by atoms with Gasteiger partial charge in [0.05, 0.1) is 31.8 Å². The molecule has 0 aliphatic carbocycles. The van der Waals surface area contributed by atoms with Gasteiger partial charge in [0, 0.05) is 27.4 Å². The fourth-order valence-electron chi connectivity index (χ4n) is 4.00. The van der Waals surface area contributed by atoms with Crippen LogP contribution in [0.25, 0.3) is 10.9 Å². The molecule has 3 aromatic rings. The molecule has 1 unspecified atom stereocenters. The highest BCUT2D eigenvalue weighted by Gasteiger charge is 2.23. The summed E-state index contributed by atoms with van der Waals surface area (Å²) in [5, 5.41) is 3.73. The minimum atomic E-state index is -0.474. The standard InChI is InChI=1S/C23H24BrN3O3/c1-2-30-23(29)22-21(18-13-17(24)7-8-19(18)25-22)26-20(28)10-12-27-11-9-15-5-3-4-6-16(15)14-27/h3-8,13,25H,2,9-12,14H2,1H3,(H,26,28)/p+1. The third-order valence-corrected chi connectivity index (χ3v) is 6.01. The largest absolute Gasteiger partial charge is 0.461 e. The number of esters is 1. The highest BCUT2D eigenvalue weighted by molar-refractivity contribution is 9.10. The van der Waals surface area contributed by atoms with Gasteiger partial charge in [-0.2, -0.15) is 0 Å². The van der Waals surface area contributed by atoms with Crippen LogP contribution in [-0.4, -0.2) is 36.6 Å². The summed E-state index contributed by atoms with van der Waals surface area (Å²) < 4.78 is 6.03. The van der Waals surface area contributed by atoms with Gasteiger partial charge in [-0.05, 0) is 30.7 Å². The molecular formula is C23H25BrN3O3+. The molecule has 0 saturated carbocycles. The number of halogens is 1. The second kappa shape index (κ2) is 9.02. The highest BCUT2D eigenvalue weighted by Crippen LogP contribution is 2.31. The summed E-state index contributed by atoms with van der Waals surface area (Å²) in [5.74, 6) is -0.578. The van der Waals surface area contributed by atoms with Gasteiger partial charge in [-0.1, -0.05) is 40.2 Å². The van der Waals surface area contributed by atoms with Crippen molar-refractivity contribution in [3.8, 4) is 0 Å². The normalized spacial score (nSPS) is 15.6. The molecule has 1 aliphatic heterocycles. The van der Waals surface area contributed by atoms with Gasteiger partial charge in [0.15, 0.2) is 0 Å². The number of aromatic amines is 1. The first kappa shape index (κ1) is 20.6. The van der Waals surface area contributed by atoms with Crippen molar-refractivity contribution in [1.82, 2.24) is 4.98 Å². The molecule has 0 radical (unpaired) electrons. The molecule has 3 N–H and O–H groups in total. The van der Waals surface area contributed by atoms with Crippen LogP contribution in [0.5, 0.6) is 0 Å². The number of aromatic nitrogens is 1. The minimum absolute atomic E-state index is 0.104. The zero-order chi connectivity index (χ0) is 21.1. The average molecular weight is 471 g/mol. The Morgan fingerprint density at radius 1 is 1.20 bits per heavy atom. The molecule has 30 heavy (non-hydrogen) atoms. The third-order valence-electron chi connectivity index (χ3n) is 5.52. The van der Waals surface area contributed by atoms with Crippen LogP contribution >= 0.6 is 15.9 Å². The predicted octanol–water partition coefficient (Wildman–Crippen LogP) is 3.08. The van der Waals surface area contributed by atoms with Gasteiger partial charge >= 0.3 is 5.97 Å². The molecule has 4 rings (SSSR count). The number of hydrogen-bond donors (Lipinski definition) is 3. The zero-order valence-corrected chi connectivity index (χ0v) is 18.5. The van der Waals surface area contributed by atoms with Gasteiger partial charge in [0.1, 0.15) is 12.2 Å². The summed E-state index contributed by atoms with van der Waals surface area (Å²) in [6.07, 6.45) is 1.43. The zero-order valence-electron chi connectivity index (χ0n) is 16.9. The molecule has 1 aliphatic rings. The Morgan fingerprint density at radius 3 is 2.80 bits per heavy atom. The van der Waals surface area contributed by atoms with Gasteiger partial charge in [0.25, 0.3) is 0 Å². The molecular weight excluding hydrogens is 446 g/mol. The van der Waals surface area contributed by atoms with Crippen LogP contribution < -0.4 is 10.2 Å². The molecule has 0 fully saturated rings. The van der Waals surface area contributed by atoms with Crippen LogP contribution in [0, 0.1) is 0 Å². The first-order chi connectivity index (χ1) is 14.5. The van der Waals surface area contributed by atoms with Crippen molar-refractivity contribution in [3.05, 3.63) is 63.8 Å². The van der Waals surface area contributed by atoms with Gasteiger partial charge in [0.2, 0.25) is 5.91 Å². The van der Waals surface area contributed by atoms with E-state index in [1.54, 1.807) is 6.92 Å². The predicted molar refractivity (Wildman–Crippen MR) is 120 cm³/mol. The summed E-state index contributed by atoms with van der Waals surface area (Å²) in [6, 6.07) is 14.1. The van der Waals surface area contributed by atoms with E-state index in [1.165, 1.54) is 16.0 Å². The van der Waals surface area contributed by atoms with E-state index in [1.807, 2.05) is 18.2 Å². The summed E-state index contributed by atoms with van der Waals surface area (Å²) >= 11 is 3.46. The van der Waals surface area contributed by atoms with E-state index in [0.29, 0.717) is 12.1 Å². The Labute approximate surface area is 183 Å². The van der Waals surface area contributed by atoms with Gasteiger partial charge < -0.3 is 19.9 Å². The van der Waals surface area contributed by atoms with Crippen molar-refractivity contribution < 1.29 is 19.2 Å². The van der Waals surface area contributed by atoms with Gasteiger partial charge in [-0.25, -0.2) is 4.79 Å². The van der Waals surface area contributed by atoms with Crippen molar-refractivity contribution in [2.45, 2.75) is 26.3 Å². The number of hydrogen-bond acceptors (Lipinski definition) is 3. The van der Waals surface area contributed by atoms with Crippen LogP contribution in [-0.2, 0) is 22.5 Å². The molecule has 1 aromatic heterocycles. The molecule has 2 aromatic carbocycles. The Balaban J connectivity index is 1.47. The molecule has 7 heteroatoms. The maximum absolute atomic E-state index is 12.8. The SMILES string of the molecule is CCOC(=O)c1[nH]c2ccc(Br)cc2c1NC(=O)CC[NH+]1CCc2ccccc2C1. The smallest absolute Gasteiger partial charge is 0.356 e. The van der Waals surface area contributed by atoms with Gasteiger partial charge in [-0.3, -0.25) is 4.79 Å². The lowest BCUT2D eigenvalue weighted by Gasteiger charge is -2.25. The topological polar surface area (TPSA) is 75.6 Å². The van der Waals surface area contributed by atoms with Crippen LogP contribution in [0.3, 0.4) is 0 Å². The van der Waals surface area contributed by atoms with Crippen molar-refractivity contribution >= 4 is 44.4 Å². The first-order valence-corrected chi connectivity index (χ1v) is 11.0. The number of nitrogens with one attached hydrogen (secondary N) is 3. The lowest BCUT2D eigenvalue weighted by Crippen LogP contribution is -3.11. The van der Waals surface area contributed by atoms with Crippen LogP contribution in [0.1, 0.15) is 35.0 Å². The number of rotatable bonds is 6. The quantitative estimate of drug-likeness (QED) is 0.484. The van der Waals surface area contributed by atoms with Crippen molar-refractivity contribution in [2.24, 2.45) is 0 Å². The molecule has 2 heterocycles. The van der Waals surface area contributed by atoms with E-state index in [4.69, 9.17) is 4.74 Å². The number of ether oxygens (including phenoxy) is 1. The molecule has 1 amide bonds. The second-order valence-corrected chi connectivity index (χ2v) is 8.44. The number of quaternary nitrogens is 1. The van der Waals surface area contributed by atoms with E-state index in [9.17, 15) is 9.59 Å². The monoisotopic (exact) mass is 470 g/mol. The molecule has 6 nitrogen and oxygen atoms in total. The van der Waals surface area contributed by atoms with E-state index in [0.717, 1.165) is 41.4 Å². The minimum Gasteiger partial charge on any atom is -0.461 e. The molecule has 0 bridgehead atoms. The Kier molecular flexibility index (Phi) is 6.20. The van der Waals surface area contributed by atoms with E-state index in [-0.39, 0.29) is 18.2 Å². The van der Waals surface area contributed by atoms with Crippen molar-refractivity contribution in [3.63, 3.8) is 0 Å². The highest BCUT2D eigenvalue weighted by atomic mass is 79.9. The summed E-state index contributed by atoms with van der Waals surface area (Å²) in [5.41, 5.74) is 4.31. The average Bonchev–Trinajstić information content (AvgIpc) is 3.10. The molecule has 0 saturated heterocycles. The number of carbonyl (C=O) groups is 2. The Hall–Kier alpha value is -2.64. The van der Waals surface area contributed by atoms with Crippen molar-refractivity contribution in [2.75, 3.05) is 25.0 Å². The van der Waals surface area contributed by atoms with E-state index < -0.39 is 5.97 Å². The van der Waals surface area contributed by atoms with E-state index >= 15 is 0 Å². The maximum Gasteiger partial charge on any atom is 0.356 e. The Bertz CT molecular complexity index is 1090. The maximum atomic E-state index is 12.8. The summed E-state index contributed by atoms with van der Waals surface area (Å²) in [7, 11) is 0. The number of fused-ring (bicyclic) bond motifs is 2. The molecule has 1 atom stereocenters. The fraction of sp³-hybridized carbons (Fsp3) is 0.304. The van der Waals surface area contributed by atoms with Crippen LogP contribution in [0.4, 0.5) is 5.69 Å². The third kappa shape index (κ3) is 4.42. The van der Waals surface area contributed by atoms with Gasteiger partial charge in [-0.15, -0.1) is 0 Å². The number of anilines is 1. The lowest BCUT2D eigenvalue weighted by molar-refractivity contribution is -0.915. The van der Waals surface area contributed by atoms with Crippen molar-refractivity contribution in [1.29, 1.82) is 0 Å². The Morgan fingerprint density at radius 2 is 2.00 bits per heavy atom. The van der Waals surface area contributed by atoms with Crippen LogP contribution in [0.15, 0.2) is 46.9 Å². The number of amides is 1. The summed E-state index contributed by atoms with van der Waals surface area (Å²) in [4.78, 5) is 29.6. The first-order valence-electron chi connectivity index (χ1n) is 10.2. The number of benzene rings is 2. The molecule has 156 valence electrons. The summed E-state index contributed by atoms with van der Waals surface area (Å²) in [6.45, 7) is 4.75. The lowest BCUT2D eigenvalue weighted by atomic mass is 10.00. The number of carbonyl (C=O) groups excluding carboxylic acids is 2. The van der Waals surface area contributed by atoms with E-state index in [2.05, 4.69) is 50.5 Å². The molecule has 0 spiro atoms. The second-order valence-electron chi connectivity index (χ2n) is 7.53. The number of H-pyrrole nitrogens is 1.